The van der Waals surface area contributed by atoms with Gasteiger partial charge in [0.05, 0.1) is 11.6 Å². The van der Waals surface area contributed by atoms with Crippen molar-refractivity contribution in [2.75, 3.05) is 11.9 Å². The van der Waals surface area contributed by atoms with Crippen molar-refractivity contribution in [2.24, 2.45) is 0 Å². The highest BCUT2D eigenvalue weighted by molar-refractivity contribution is 6.29. The molecule has 0 aliphatic rings. The van der Waals surface area contributed by atoms with Crippen molar-refractivity contribution >= 4 is 23.1 Å². The van der Waals surface area contributed by atoms with Crippen LogP contribution in [-0.4, -0.2) is 17.0 Å². The quantitative estimate of drug-likeness (QED) is 0.785. The summed E-state index contributed by atoms with van der Waals surface area (Å²) in [6.45, 7) is 6.12. The molecule has 0 bridgehead atoms. The van der Waals surface area contributed by atoms with E-state index in [9.17, 15) is 0 Å². The van der Waals surface area contributed by atoms with Crippen LogP contribution in [0.4, 0.5) is 11.5 Å². The zero-order chi connectivity index (χ0) is 15.6. The average molecular weight is 301 g/mol. The Morgan fingerprint density at radius 3 is 2.52 bits per heavy atom. The van der Waals surface area contributed by atoms with Gasteiger partial charge >= 0.3 is 0 Å². The summed E-state index contributed by atoms with van der Waals surface area (Å²) < 4.78 is 0. The number of nitriles is 1. The van der Waals surface area contributed by atoms with E-state index >= 15 is 0 Å². The molecule has 2 rings (SSSR count). The minimum atomic E-state index is -0.186. The molecule has 4 nitrogen and oxygen atoms in total. The third-order valence-electron chi connectivity index (χ3n) is 3.06. The Morgan fingerprint density at radius 2 is 1.90 bits per heavy atom. The van der Waals surface area contributed by atoms with E-state index < -0.39 is 0 Å². The SMILES string of the molecule is CN(c1cccc(C#N)c1)c1cc(Cl)nc(C(C)(C)C)n1. The first-order valence-corrected chi connectivity index (χ1v) is 6.98. The lowest BCUT2D eigenvalue weighted by atomic mass is 9.96. The molecule has 0 N–H and O–H groups in total. The van der Waals surface area contributed by atoms with Gasteiger partial charge in [-0.25, -0.2) is 9.97 Å². The molecular formula is C16H17ClN4. The molecule has 0 unspecified atom stereocenters. The maximum atomic E-state index is 8.99. The number of hydrogen-bond donors (Lipinski definition) is 0. The third-order valence-corrected chi connectivity index (χ3v) is 3.25. The van der Waals surface area contributed by atoms with Crippen LogP contribution < -0.4 is 4.90 Å². The zero-order valence-corrected chi connectivity index (χ0v) is 13.3. The first-order valence-electron chi connectivity index (χ1n) is 6.60. The number of rotatable bonds is 2. The van der Waals surface area contributed by atoms with Crippen molar-refractivity contribution in [2.45, 2.75) is 26.2 Å². The lowest BCUT2D eigenvalue weighted by Crippen LogP contribution is -2.19. The fourth-order valence-electron chi connectivity index (χ4n) is 1.83. The third kappa shape index (κ3) is 3.50. The van der Waals surface area contributed by atoms with Gasteiger partial charge in [0.1, 0.15) is 16.8 Å². The zero-order valence-electron chi connectivity index (χ0n) is 12.6. The Labute approximate surface area is 130 Å². The second-order valence-electron chi connectivity index (χ2n) is 5.84. The molecule has 0 amide bonds. The molecule has 0 spiro atoms. The van der Waals surface area contributed by atoms with Crippen LogP contribution in [0.1, 0.15) is 32.2 Å². The standard InChI is InChI=1S/C16H17ClN4/c1-16(2,3)15-19-13(17)9-14(20-15)21(4)12-7-5-6-11(8-12)10-18/h5-9H,1-4H3. The number of nitrogens with zero attached hydrogens (tertiary/aromatic N) is 4. The highest BCUT2D eigenvalue weighted by atomic mass is 35.5. The van der Waals surface area contributed by atoms with E-state index in [2.05, 4.69) is 16.0 Å². The summed E-state index contributed by atoms with van der Waals surface area (Å²) in [5, 5.41) is 9.40. The molecule has 1 aromatic carbocycles. The maximum absolute atomic E-state index is 8.99. The molecule has 2 aromatic rings. The Bertz CT molecular complexity index is 698. The lowest BCUT2D eigenvalue weighted by Gasteiger charge is -2.22. The van der Waals surface area contributed by atoms with E-state index in [0.29, 0.717) is 22.4 Å². The van der Waals surface area contributed by atoms with Crippen molar-refractivity contribution < 1.29 is 0 Å². The fraction of sp³-hybridized carbons (Fsp3) is 0.312. The monoisotopic (exact) mass is 300 g/mol. The minimum absolute atomic E-state index is 0.186. The molecule has 21 heavy (non-hydrogen) atoms. The molecule has 1 heterocycles. The van der Waals surface area contributed by atoms with E-state index in [1.165, 1.54) is 0 Å². The van der Waals surface area contributed by atoms with Gasteiger partial charge in [0.2, 0.25) is 0 Å². The normalized spacial score (nSPS) is 11.0. The van der Waals surface area contributed by atoms with E-state index in [4.69, 9.17) is 16.9 Å². The van der Waals surface area contributed by atoms with E-state index in [0.717, 1.165) is 5.69 Å². The van der Waals surface area contributed by atoms with Crippen LogP contribution in [0.5, 0.6) is 0 Å². The first kappa shape index (κ1) is 15.3. The largest absolute Gasteiger partial charge is 0.329 e. The van der Waals surface area contributed by atoms with Crippen LogP contribution >= 0.6 is 11.6 Å². The van der Waals surface area contributed by atoms with Crippen LogP contribution in [0, 0.1) is 11.3 Å². The van der Waals surface area contributed by atoms with Gasteiger partial charge in [0, 0.05) is 24.2 Å². The van der Waals surface area contributed by atoms with Crippen molar-refractivity contribution in [1.82, 2.24) is 9.97 Å². The van der Waals surface area contributed by atoms with Gasteiger partial charge in [-0.3, -0.25) is 0 Å². The molecule has 5 heteroatoms. The molecule has 1 aromatic heterocycles. The second kappa shape index (κ2) is 5.71. The molecule has 0 aliphatic carbocycles. The Hall–Kier alpha value is -2.12. The summed E-state index contributed by atoms with van der Waals surface area (Å²) >= 11 is 6.12. The number of halogens is 1. The van der Waals surface area contributed by atoms with Gasteiger partial charge in [-0.2, -0.15) is 5.26 Å². The van der Waals surface area contributed by atoms with E-state index in [-0.39, 0.29) is 5.41 Å². The lowest BCUT2D eigenvalue weighted by molar-refractivity contribution is 0.545. The van der Waals surface area contributed by atoms with Crippen LogP contribution in [-0.2, 0) is 5.41 Å². The van der Waals surface area contributed by atoms with Gasteiger partial charge in [0.25, 0.3) is 0 Å². The number of anilines is 2. The summed E-state index contributed by atoms with van der Waals surface area (Å²) in [5.41, 5.74) is 1.30. The Balaban J connectivity index is 2.46. The number of aromatic nitrogens is 2. The average Bonchev–Trinajstić information content (AvgIpc) is 2.45. The van der Waals surface area contributed by atoms with Crippen molar-refractivity contribution in [3.63, 3.8) is 0 Å². The highest BCUT2D eigenvalue weighted by Crippen LogP contribution is 2.27. The first-order chi connectivity index (χ1) is 9.81. The Kier molecular flexibility index (Phi) is 4.15. The predicted molar refractivity (Wildman–Crippen MR) is 85.0 cm³/mol. The van der Waals surface area contributed by atoms with Gasteiger partial charge in [0.15, 0.2) is 0 Å². The highest BCUT2D eigenvalue weighted by Gasteiger charge is 2.20. The Morgan fingerprint density at radius 1 is 1.19 bits per heavy atom. The van der Waals surface area contributed by atoms with Crippen molar-refractivity contribution in [3.8, 4) is 6.07 Å². The summed E-state index contributed by atoms with van der Waals surface area (Å²) in [7, 11) is 1.89. The molecule has 0 fully saturated rings. The number of hydrogen-bond acceptors (Lipinski definition) is 4. The fourth-order valence-corrected chi connectivity index (χ4v) is 2.01. The van der Waals surface area contributed by atoms with Gasteiger partial charge in [-0.1, -0.05) is 38.4 Å². The van der Waals surface area contributed by atoms with Crippen molar-refractivity contribution in [1.29, 1.82) is 5.26 Å². The maximum Gasteiger partial charge on any atom is 0.137 e. The summed E-state index contributed by atoms with van der Waals surface area (Å²) in [6, 6.07) is 11.2. The smallest absolute Gasteiger partial charge is 0.137 e. The topological polar surface area (TPSA) is 52.8 Å². The molecule has 0 atom stereocenters. The molecule has 0 radical (unpaired) electrons. The summed E-state index contributed by atoms with van der Waals surface area (Å²) in [5.74, 6) is 1.39. The van der Waals surface area contributed by atoms with Crippen LogP contribution in [0.25, 0.3) is 0 Å². The molecule has 0 aliphatic heterocycles. The van der Waals surface area contributed by atoms with Gasteiger partial charge < -0.3 is 4.90 Å². The van der Waals surface area contributed by atoms with Gasteiger partial charge in [-0.15, -0.1) is 0 Å². The molecule has 0 saturated carbocycles. The molecule has 0 saturated heterocycles. The number of benzene rings is 1. The van der Waals surface area contributed by atoms with E-state index in [1.54, 1.807) is 12.1 Å². The van der Waals surface area contributed by atoms with Crippen LogP contribution in [0.15, 0.2) is 30.3 Å². The molecular weight excluding hydrogens is 284 g/mol. The second-order valence-corrected chi connectivity index (χ2v) is 6.23. The molecule has 108 valence electrons. The van der Waals surface area contributed by atoms with Crippen molar-refractivity contribution in [3.05, 3.63) is 46.9 Å². The minimum Gasteiger partial charge on any atom is -0.329 e. The summed E-state index contributed by atoms with van der Waals surface area (Å²) in [6.07, 6.45) is 0. The summed E-state index contributed by atoms with van der Waals surface area (Å²) in [4.78, 5) is 10.8. The van der Waals surface area contributed by atoms with Gasteiger partial charge in [-0.05, 0) is 18.2 Å². The van der Waals surface area contributed by atoms with E-state index in [1.807, 2.05) is 50.9 Å². The van der Waals surface area contributed by atoms with Crippen LogP contribution in [0.2, 0.25) is 5.15 Å². The van der Waals surface area contributed by atoms with Crippen LogP contribution in [0.3, 0.4) is 0 Å². The predicted octanol–water partition coefficient (Wildman–Crippen LogP) is 4.07.